The summed E-state index contributed by atoms with van der Waals surface area (Å²) in [5, 5.41) is 4.81. The smallest absolute Gasteiger partial charge is 0.307 e. The van der Waals surface area contributed by atoms with Crippen molar-refractivity contribution in [2.24, 2.45) is 5.10 Å². The molecule has 0 aliphatic heterocycles. The van der Waals surface area contributed by atoms with Crippen molar-refractivity contribution >= 4 is 45.7 Å². The van der Waals surface area contributed by atoms with Crippen LogP contribution in [0.25, 0.3) is 11.0 Å². The van der Waals surface area contributed by atoms with Crippen molar-refractivity contribution in [3.63, 3.8) is 0 Å². The fourth-order valence-electron chi connectivity index (χ4n) is 3.44. The molecule has 0 saturated heterocycles. The molecular weight excluding hydrogens is 578 g/mol. The van der Waals surface area contributed by atoms with E-state index in [0.717, 1.165) is 8.96 Å². The Morgan fingerprint density at radius 2 is 1.86 bits per heavy atom. The summed E-state index contributed by atoms with van der Waals surface area (Å²) >= 11 is 2.12. The number of amides is 1. The first-order valence-corrected chi connectivity index (χ1v) is 12.4. The number of hydrazone groups is 1. The second-order valence-electron chi connectivity index (χ2n) is 7.59. The lowest BCUT2D eigenvalue weighted by Gasteiger charge is -2.15. The number of fused-ring (bicyclic) bond motifs is 1. The summed E-state index contributed by atoms with van der Waals surface area (Å²) in [6.07, 6.45) is 1.50. The Balaban J connectivity index is 1.46. The SMILES string of the molecule is CCOc1ccc2oc(C(=O)N/N=C/c3cc(I)c(OCc4ccccc4F)c(OCC)c3)cc2c1. The number of nitrogens with zero attached hydrogens (tertiary/aromatic N) is 1. The minimum Gasteiger partial charge on any atom is -0.494 e. The number of hydrogen-bond acceptors (Lipinski definition) is 6. The average Bonchev–Trinajstić information content (AvgIpc) is 3.29. The maximum absolute atomic E-state index is 14.0. The van der Waals surface area contributed by atoms with Gasteiger partial charge in [-0.25, -0.2) is 9.82 Å². The average molecular weight is 602 g/mol. The van der Waals surface area contributed by atoms with Crippen LogP contribution in [0.1, 0.15) is 35.5 Å². The summed E-state index contributed by atoms with van der Waals surface area (Å²) < 4.78 is 37.4. The first-order valence-electron chi connectivity index (χ1n) is 11.3. The van der Waals surface area contributed by atoms with Crippen molar-refractivity contribution in [3.8, 4) is 17.2 Å². The van der Waals surface area contributed by atoms with Crippen molar-refractivity contribution < 1.29 is 27.8 Å². The Bertz CT molecular complexity index is 1400. The number of halogens is 2. The van der Waals surface area contributed by atoms with Gasteiger partial charge in [-0.1, -0.05) is 18.2 Å². The zero-order valence-corrected chi connectivity index (χ0v) is 21.9. The highest BCUT2D eigenvalue weighted by Crippen LogP contribution is 2.34. The van der Waals surface area contributed by atoms with Crippen LogP contribution in [0.4, 0.5) is 4.39 Å². The molecule has 0 atom stereocenters. The number of carbonyl (C=O) groups excluding carboxylic acids is 1. The highest BCUT2D eigenvalue weighted by molar-refractivity contribution is 14.1. The monoisotopic (exact) mass is 602 g/mol. The summed E-state index contributed by atoms with van der Waals surface area (Å²) in [6.45, 7) is 4.80. The number of benzene rings is 3. The fourth-order valence-corrected chi connectivity index (χ4v) is 4.22. The molecule has 4 rings (SSSR count). The zero-order chi connectivity index (χ0) is 25.5. The topological polar surface area (TPSA) is 82.3 Å². The number of carbonyl (C=O) groups is 1. The van der Waals surface area contributed by atoms with Gasteiger partial charge in [-0.15, -0.1) is 0 Å². The highest BCUT2D eigenvalue weighted by atomic mass is 127. The molecule has 0 saturated carbocycles. The van der Waals surface area contributed by atoms with Gasteiger partial charge in [0.25, 0.3) is 0 Å². The Labute approximate surface area is 221 Å². The molecule has 1 N–H and O–H groups in total. The molecule has 3 aromatic carbocycles. The molecule has 0 aliphatic carbocycles. The van der Waals surface area contributed by atoms with Crippen molar-refractivity contribution in [2.75, 3.05) is 13.2 Å². The van der Waals surface area contributed by atoms with Gasteiger partial charge in [-0.2, -0.15) is 5.10 Å². The number of hydrogen-bond donors (Lipinski definition) is 1. The minimum atomic E-state index is -0.482. The summed E-state index contributed by atoms with van der Waals surface area (Å²) in [6, 6.07) is 17.0. The predicted octanol–water partition coefficient (Wildman–Crippen LogP) is 6.32. The molecule has 0 aliphatic rings. The summed E-state index contributed by atoms with van der Waals surface area (Å²) in [5.41, 5.74) is 4.19. The van der Waals surface area contributed by atoms with Crippen LogP contribution in [0.15, 0.2) is 70.2 Å². The molecule has 4 aromatic rings. The van der Waals surface area contributed by atoms with Crippen molar-refractivity contribution in [2.45, 2.75) is 20.5 Å². The van der Waals surface area contributed by atoms with E-state index in [4.69, 9.17) is 18.6 Å². The van der Waals surface area contributed by atoms with E-state index in [2.05, 4.69) is 33.1 Å². The van der Waals surface area contributed by atoms with Crippen LogP contribution in [-0.4, -0.2) is 25.3 Å². The van der Waals surface area contributed by atoms with Crippen LogP contribution in [0, 0.1) is 9.39 Å². The van der Waals surface area contributed by atoms with E-state index in [-0.39, 0.29) is 18.2 Å². The lowest BCUT2D eigenvalue weighted by molar-refractivity contribution is 0.0929. The summed E-state index contributed by atoms with van der Waals surface area (Å²) in [4.78, 5) is 12.5. The first kappa shape index (κ1) is 25.5. The third kappa shape index (κ3) is 6.14. The van der Waals surface area contributed by atoms with Gasteiger partial charge < -0.3 is 18.6 Å². The van der Waals surface area contributed by atoms with Gasteiger partial charge in [0.1, 0.15) is 23.8 Å². The van der Waals surface area contributed by atoms with E-state index >= 15 is 0 Å². The van der Waals surface area contributed by atoms with E-state index in [9.17, 15) is 9.18 Å². The molecule has 1 aromatic heterocycles. The van der Waals surface area contributed by atoms with E-state index in [1.807, 2.05) is 26.0 Å². The maximum Gasteiger partial charge on any atom is 0.307 e. The molecule has 0 bridgehead atoms. The number of nitrogens with one attached hydrogen (secondary N) is 1. The van der Waals surface area contributed by atoms with Crippen LogP contribution >= 0.6 is 22.6 Å². The molecule has 1 heterocycles. The van der Waals surface area contributed by atoms with Crippen LogP contribution in [-0.2, 0) is 6.61 Å². The zero-order valence-electron chi connectivity index (χ0n) is 19.7. The Morgan fingerprint density at radius 1 is 1.06 bits per heavy atom. The van der Waals surface area contributed by atoms with E-state index in [1.165, 1.54) is 12.3 Å². The molecule has 7 nitrogen and oxygen atoms in total. The molecule has 0 unspecified atom stereocenters. The molecule has 36 heavy (non-hydrogen) atoms. The number of furan rings is 1. The highest BCUT2D eigenvalue weighted by Gasteiger charge is 2.14. The van der Waals surface area contributed by atoms with E-state index in [0.29, 0.717) is 47.2 Å². The van der Waals surface area contributed by atoms with Crippen LogP contribution in [0.3, 0.4) is 0 Å². The Kier molecular flexibility index (Phi) is 8.42. The lowest BCUT2D eigenvalue weighted by atomic mass is 10.2. The number of ether oxygens (including phenoxy) is 3. The third-order valence-electron chi connectivity index (χ3n) is 5.06. The molecular formula is C27H24FIN2O5. The van der Waals surface area contributed by atoms with E-state index in [1.54, 1.807) is 42.5 Å². The van der Waals surface area contributed by atoms with E-state index < -0.39 is 5.91 Å². The predicted molar refractivity (Wildman–Crippen MR) is 144 cm³/mol. The van der Waals surface area contributed by atoms with Gasteiger partial charge in [-0.3, -0.25) is 4.79 Å². The van der Waals surface area contributed by atoms with Crippen LogP contribution in [0.2, 0.25) is 0 Å². The molecule has 186 valence electrons. The lowest BCUT2D eigenvalue weighted by Crippen LogP contribution is -2.16. The van der Waals surface area contributed by atoms with Crippen molar-refractivity contribution in [3.05, 3.63) is 86.9 Å². The molecule has 0 spiro atoms. The fraction of sp³-hybridized carbons (Fsp3) is 0.185. The van der Waals surface area contributed by atoms with Gasteiger partial charge in [-0.05, 0) is 84.5 Å². The van der Waals surface area contributed by atoms with Crippen molar-refractivity contribution in [1.29, 1.82) is 0 Å². The maximum atomic E-state index is 14.0. The van der Waals surface area contributed by atoms with Crippen molar-refractivity contribution in [1.82, 2.24) is 5.43 Å². The minimum absolute atomic E-state index is 0.0653. The van der Waals surface area contributed by atoms with Gasteiger partial charge in [0.2, 0.25) is 0 Å². The summed E-state index contributed by atoms with van der Waals surface area (Å²) in [7, 11) is 0. The number of rotatable bonds is 10. The molecule has 1 amide bonds. The quantitative estimate of drug-likeness (QED) is 0.131. The second-order valence-corrected chi connectivity index (χ2v) is 8.75. The molecule has 0 radical (unpaired) electrons. The normalized spacial score (nSPS) is 11.1. The van der Waals surface area contributed by atoms with Gasteiger partial charge >= 0.3 is 5.91 Å². The molecule has 9 heteroatoms. The Hall–Kier alpha value is -3.60. The summed E-state index contributed by atoms with van der Waals surface area (Å²) in [5.74, 6) is 1.04. The Morgan fingerprint density at radius 3 is 2.64 bits per heavy atom. The molecule has 0 fully saturated rings. The van der Waals surface area contributed by atoms with Gasteiger partial charge in [0.05, 0.1) is 23.0 Å². The standard InChI is InChI=1S/C27H24FIN2O5/c1-3-33-20-9-10-23-19(13-20)14-25(36-23)27(32)31-30-15-17-11-22(29)26(24(12-17)34-4-2)35-16-18-7-5-6-8-21(18)28/h5-15H,3-4,16H2,1-2H3,(H,31,32)/b30-15+. The van der Waals surface area contributed by atoms with Crippen LogP contribution < -0.4 is 19.6 Å². The third-order valence-corrected chi connectivity index (χ3v) is 5.87. The second kappa shape index (κ2) is 11.9. The van der Waals surface area contributed by atoms with Crippen LogP contribution in [0.5, 0.6) is 17.2 Å². The largest absolute Gasteiger partial charge is 0.494 e. The van der Waals surface area contributed by atoms with Gasteiger partial charge in [0, 0.05) is 10.9 Å². The van der Waals surface area contributed by atoms with Gasteiger partial charge in [0.15, 0.2) is 17.3 Å². The first-order chi connectivity index (χ1) is 17.5.